The number of hydrogen-bond donors (Lipinski definition) is 3. The van der Waals surface area contributed by atoms with Gasteiger partial charge in [0.2, 0.25) is 5.95 Å². The van der Waals surface area contributed by atoms with Gasteiger partial charge in [0, 0.05) is 16.8 Å². The first-order valence-electron chi connectivity index (χ1n) is 11.1. The third kappa shape index (κ3) is 4.99. The second-order valence-corrected chi connectivity index (χ2v) is 8.36. The largest absolute Gasteiger partial charge is 0.457 e. The predicted octanol–water partition coefficient (Wildman–Crippen LogP) is 3.51. The highest BCUT2D eigenvalue weighted by molar-refractivity contribution is 6.30. The van der Waals surface area contributed by atoms with E-state index >= 15 is 0 Å². The van der Waals surface area contributed by atoms with Gasteiger partial charge in [-0.1, -0.05) is 23.7 Å². The van der Waals surface area contributed by atoms with E-state index in [0.717, 1.165) is 21.2 Å². The molecule has 0 atom stereocenters. The molecule has 0 aliphatic heterocycles. The molecule has 3 aromatic carbocycles. The van der Waals surface area contributed by atoms with Crippen molar-refractivity contribution in [2.75, 3.05) is 11.9 Å². The van der Waals surface area contributed by atoms with Crippen LogP contribution in [0.3, 0.4) is 0 Å². The number of aromatic nitrogens is 5. The summed E-state index contributed by atoms with van der Waals surface area (Å²) in [5.41, 5.74) is 1.76. The molecular weight excluding hydrogens is 484 g/mol. The molecule has 2 aromatic heterocycles. The zero-order valence-electron chi connectivity index (χ0n) is 18.9. The van der Waals surface area contributed by atoms with Crippen LogP contribution < -0.4 is 21.4 Å². The minimum absolute atomic E-state index is 0.0764. The molecule has 5 rings (SSSR count). The Morgan fingerprint density at radius 2 is 1.72 bits per heavy atom. The van der Waals surface area contributed by atoms with E-state index in [0.29, 0.717) is 22.2 Å². The van der Waals surface area contributed by atoms with Gasteiger partial charge in [-0.3, -0.25) is 4.57 Å². The normalized spacial score (nSPS) is 11.1. The number of benzene rings is 3. The van der Waals surface area contributed by atoms with Crippen LogP contribution in [0.2, 0.25) is 5.02 Å². The zero-order chi connectivity index (χ0) is 25.1. The summed E-state index contributed by atoms with van der Waals surface area (Å²) in [6, 6.07) is 19.6. The summed E-state index contributed by atoms with van der Waals surface area (Å²) in [4.78, 5) is 36.8. The first-order valence-corrected chi connectivity index (χ1v) is 11.4. The van der Waals surface area contributed by atoms with Gasteiger partial charge < -0.3 is 20.1 Å². The number of aliphatic hydroxyl groups excluding tert-OH is 1. The van der Waals surface area contributed by atoms with Gasteiger partial charge in [-0.25, -0.2) is 19.1 Å². The lowest BCUT2D eigenvalue weighted by Crippen LogP contribution is -2.43. The fourth-order valence-corrected chi connectivity index (χ4v) is 3.81. The van der Waals surface area contributed by atoms with Crippen LogP contribution in [-0.4, -0.2) is 35.8 Å². The maximum Gasteiger partial charge on any atom is 0.355 e. The van der Waals surface area contributed by atoms with E-state index < -0.39 is 11.4 Å². The van der Waals surface area contributed by atoms with E-state index in [4.69, 9.17) is 16.3 Å². The molecule has 0 spiro atoms. The van der Waals surface area contributed by atoms with Crippen LogP contribution in [0.5, 0.6) is 11.5 Å². The Kier molecular flexibility index (Phi) is 6.52. The number of imidazole rings is 1. The van der Waals surface area contributed by atoms with E-state index in [1.165, 1.54) is 4.57 Å². The van der Waals surface area contributed by atoms with Crippen molar-refractivity contribution in [3.05, 3.63) is 105 Å². The first kappa shape index (κ1) is 23.3. The molecule has 2 heterocycles. The number of rotatable bonds is 8. The Morgan fingerprint density at radius 1 is 0.972 bits per heavy atom. The monoisotopic (exact) mass is 504 g/mol. The summed E-state index contributed by atoms with van der Waals surface area (Å²) < 4.78 is 8.16. The van der Waals surface area contributed by atoms with Crippen molar-refractivity contribution < 1.29 is 9.84 Å². The second-order valence-electron chi connectivity index (χ2n) is 7.92. The minimum atomic E-state index is -0.752. The molecule has 0 radical (unpaired) electrons. The number of nitrogens with one attached hydrogen (secondary N) is 2. The molecular formula is C25H21ClN6O4. The lowest BCUT2D eigenvalue weighted by atomic mass is 10.2. The third-order valence-electron chi connectivity index (χ3n) is 5.47. The van der Waals surface area contributed by atoms with Crippen molar-refractivity contribution in [3.63, 3.8) is 0 Å². The SMILES string of the molecule is O=c1nc(Nc2ccc(Oc3ccc4nc[nH]c4c3)cc2)n(Cc2ccc(Cl)cc2)c(=O)n1CCO. The van der Waals surface area contributed by atoms with Gasteiger partial charge in [-0.15, -0.1) is 0 Å². The summed E-state index contributed by atoms with van der Waals surface area (Å²) in [6.07, 6.45) is 1.62. The van der Waals surface area contributed by atoms with Crippen molar-refractivity contribution in [1.29, 1.82) is 0 Å². The Bertz CT molecular complexity index is 1620. The smallest absolute Gasteiger partial charge is 0.355 e. The fourth-order valence-electron chi connectivity index (χ4n) is 3.68. The molecule has 36 heavy (non-hydrogen) atoms. The summed E-state index contributed by atoms with van der Waals surface area (Å²) in [6.45, 7) is -0.366. The summed E-state index contributed by atoms with van der Waals surface area (Å²) >= 11 is 5.97. The van der Waals surface area contributed by atoms with Crippen molar-refractivity contribution in [2.24, 2.45) is 0 Å². The van der Waals surface area contributed by atoms with Gasteiger partial charge in [0.25, 0.3) is 0 Å². The molecule has 0 aliphatic rings. The lowest BCUT2D eigenvalue weighted by molar-refractivity contribution is 0.268. The summed E-state index contributed by atoms with van der Waals surface area (Å²) in [7, 11) is 0. The van der Waals surface area contributed by atoms with Crippen LogP contribution in [0, 0.1) is 0 Å². The highest BCUT2D eigenvalue weighted by Crippen LogP contribution is 2.26. The van der Waals surface area contributed by atoms with Gasteiger partial charge in [0.05, 0.1) is 37.1 Å². The maximum atomic E-state index is 13.1. The lowest BCUT2D eigenvalue weighted by Gasteiger charge is -2.15. The number of hydrogen-bond acceptors (Lipinski definition) is 7. The van der Waals surface area contributed by atoms with E-state index in [1.54, 1.807) is 54.9 Å². The number of ether oxygens (including phenoxy) is 1. The van der Waals surface area contributed by atoms with Crippen molar-refractivity contribution in [2.45, 2.75) is 13.1 Å². The van der Waals surface area contributed by atoms with Gasteiger partial charge in [0.15, 0.2) is 0 Å². The number of nitrogens with zero attached hydrogens (tertiary/aromatic N) is 4. The molecule has 5 aromatic rings. The van der Waals surface area contributed by atoms with Crippen LogP contribution in [0.25, 0.3) is 11.0 Å². The molecule has 0 saturated heterocycles. The van der Waals surface area contributed by atoms with Crippen LogP contribution in [-0.2, 0) is 13.1 Å². The van der Waals surface area contributed by atoms with Crippen LogP contribution in [0.15, 0.2) is 82.6 Å². The Hall–Kier alpha value is -4.41. The van der Waals surface area contributed by atoms with Crippen molar-refractivity contribution in [1.82, 2.24) is 24.1 Å². The van der Waals surface area contributed by atoms with Crippen LogP contribution >= 0.6 is 11.6 Å². The summed E-state index contributed by atoms with van der Waals surface area (Å²) in [5, 5.41) is 12.9. The first-order chi connectivity index (χ1) is 17.5. The van der Waals surface area contributed by atoms with Crippen LogP contribution in [0.1, 0.15) is 5.56 Å². The minimum Gasteiger partial charge on any atom is -0.457 e. The van der Waals surface area contributed by atoms with E-state index in [-0.39, 0.29) is 25.6 Å². The Morgan fingerprint density at radius 3 is 2.47 bits per heavy atom. The fraction of sp³-hybridized carbons (Fsp3) is 0.120. The maximum absolute atomic E-state index is 13.1. The molecule has 3 N–H and O–H groups in total. The second kappa shape index (κ2) is 10.1. The average molecular weight is 505 g/mol. The molecule has 182 valence electrons. The molecule has 0 amide bonds. The highest BCUT2D eigenvalue weighted by atomic mass is 35.5. The Labute approximate surface area is 209 Å². The standard InChI is InChI=1S/C25H21ClN6O4/c26-17-3-1-16(2-4-17)14-32-23(30-24(34)31(11-12-33)25(32)35)29-18-5-7-19(8-6-18)36-20-9-10-21-22(13-20)28-15-27-21/h1-10,13,15,33H,11-12,14H2,(H,27,28)(H,29,30,34). The molecule has 0 fully saturated rings. The number of anilines is 2. The zero-order valence-corrected chi connectivity index (χ0v) is 19.6. The quantitative estimate of drug-likeness (QED) is 0.295. The average Bonchev–Trinajstić information content (AvgIpc) is 3.34. The molecule has 10 nitrogen and oxygen atoms in total. The van der Waals surface area contributed by atoms with Crippen molar-refractivity contribution >= 4 is 34.3 Å². The molecule has 0 bridgehead atoms. The van der Waals surface area contributed by atoms with E-state index in [9.17, 15) is 14.7 Å². The number of H-pyrrole nitrogens is 1. The van der Waals surface area contributed by atoms with E-state index in [1.807, 2.05) is 18.2 Å². The van der Waals surface area contributed by atoms with E-state index in [2.05, 4.69) is 20.3 Å². The number of halogens is 1. The van der Waals surface area contributed by atoms with Gasteiger partial charge in [0.1, 0.15) is 11.5 Å². The molecule has 0 aliphatic carbocycles. The summed E-state index contributed by atoms with van der Waals surface area (Å²) in [5.74, 6) is 1.33. The highest BCUT2D eigenvalue weighted by Gasteiger charge is 2.14. The Balaban J connectivity index is 1.41. The van der Waals surface area contributed by atoms with Gasteiger partial charge >= 0.3 is 11.4 Å². The number of aromatic amines is 1. The third-order valence-corrected chi connectivity index (χ3v) is 5.72. The van der Waals surface area contributed by atoms with Gasteiger partial charge in [-0.2, -0.15) is 4.98 Å². The number of aliphatic hydroxyl groups is 1. The predicted molar refractivity (Wildman–Crippen MR) is 136 cm³/mol. The number of fused-ring (bicyclic) bond motifs is 1. The van der Waals surface area contributed by atoms with Crippen LogP contribution in [0.4, 0.5) is 11.6 Å². The van der Waals surface area contributed by atoms with Gasteiger partial charge in [-0.05, 0) is 54.1 Å². The topological polar surface area (TPSA) is 127 Å². The molecule has 11 heteroatoms. The van der Waals surface area contributed by atoms with Crippen molar-refractivity contribution in [3.8, 4) is 11.5 Å². The molecule has 0 saturated carbocycles. The molecule has 0 unspecified atom stereocenters.